The van der Waals surface area contributed by atoms with E-state index in [4.69, 9.17) is 9.47 Å². The topological polar surface area (TPSA) is 52.6 Å². The SMILES string of the molecule is CCCC[C]1(CCCC)CCC[CH2][Sn]1([CH2]CCC)[CH2]C(OC(C)=O)C(C)OC(C)=O. The Morgan fingerprint density at radius 2 is 1.47 bits per heavy atom. The Morgan fingerprint density at radius 1 is 0.900 bits per heavy atom. The third-order valence-corrected chi connectivity index (χ3v) is 26.9. The van der Waals surface area contributed by atoms with Crippen LogP contribution in [0.25, 0.3) is 0 Å². The first-order chi connectivity index (χ1) is 14.3. The summed E-state index contributed by atoms with van der Waals surface area (Å²) in [6, 6.07) is 0. The zero-order valence-electron chi connectivity index (χ0n) is 20.7. The minimum absolute atomic E-state index is 0.251. The van der Waals surface area contributed by atoms with E-state index in [1.807, 2.05) is 6.92 Å². The van der Waals surface area contributed by atoms with E-state index in [0.29, 0.717) is 3.43 Å². The van der Waals surface area contributed by atoms with Crippen LogP contribution in [0.2, 0.25) is 16.7 Å². The van der Waals surface area contributed by atoms with Gasteiger partial charge in [-0.1, -0.05) is 0 Å². The molecule has 1 aliphatic heterocycles. The first kappa shape index (κ1) is 27.8. The van der Waals surface area contributed by atoms with Crippen LogP contribution in [0.4, 0.5) is 0 Å². The summed E-state index contributed by atoms with van der Waals surface area (Å²) in [5.41, 5.74) is 0. The van der Waals surface area contributed by atoms with E-state index in [1.54, 1.807) is 0 Å². The molecule has 0 spiro atoms. The predicted molar refractivity (Wildman–Crippen MR) is 127 cm³/mol. The molecule has 30 heavy (non-hydrogen) atoms. The fraction of sp³-hybridized carbons (Fsp3) is 0.920. The van der Waals surface area contributed by atoms with Crippen molar-refractivity contribution in [3.63, 3.8) is 0 Å². The molecule has 1 aliphatic rings. The van der Waals surface area contributed by atoms with Crippen LogP contribution < -0.4 is 0 Å². The zero-order chi connectivity index (χ0) is 22.6. The number of esters is 2. The van der Waals surface area contributed by atoms with Crippen molar-refractivity contribution in [1.82, 2.24) is 0 Å². The molecule has 0 aromatic rings. The van der Waals surface area contributed by atoms with Crippen molar-refractivity contribution in [2.45, 2.75) is 141 Å². The van der Waals surface area contributed by atoms with Crippen LogP contribution >= 0.6 is 0 Å². The summed E-state index contributed by atoms with van der Waals surface area (Å²) in [6.45, 7) is 11.8. The molecule has 1 fully saturated rings. The van der Waals surface area contributed by atoms with Crippen LogP contribution in [0.15, 0.2) is 0 Å². The Balaban J connectivity index is 3.35. The molecule has 0 amide bonds. The number of hydrogen-bond acceptors (Lipinski definition) is 4. The van der Waals surface area contributed by atoms with Crippen LogP contribution in [0.3, 0.4) is 0 Å². The van der Waals surface area contributed by atoms with Gasteiger partial charge < -0.3 is 0 Å². The zero-order valence-corrected chi connectivity index (χ0v) is 23.5. The number of unbranched alkanes of at least 4 members (excludes halogenated alkanes) is 3. The van der Waals surface area contributed by atoms with Crippen LogP contribution in [-0.2, 0) is 19.1 Å². The van der Waals surface area contributed by atoms with Gasteiger partial charge in [-0.05, 0) is 0 Å². The van der Waals surface area contributed by atoms with Crippen molar-refractivity contribution in [2.75, 3.05) is 0 Å². The average molecular weight is 531 g/mol. The summed E-state index contributed by atoms with van der Waals surface area (Å²) in [6.07, 6.45) is 13.8. The standard InChI is InChI=1S/C13H26.C8H13O4.C4H9.Sn/c1-4-7-10-13(11-8-5-2)12-9-6-3;1-5(11-7(3)9)6(2)12-8(4)10;1-3-4-2;/h1,4-12H2,2-3H3;5-6H,1H2,2-4H3;1,3-4H2,2H3;. The maximum atomic E-state index is 12.0. The van der Waals surface area contributed by atoms with Crippen LogP contribution in [0.5, 0.6) is 0 Å². The molecule has 0 radical (unpaired) electrons. The van der Waals surface area contributed by atoms with Crippen LogP contribution in [0.1, 0.15) is 112 Å². The summed E-state index contributed by atoms with van der Waals surface area (Å²) in [5.74, 6) is -0.538. The van der Waals surface area contributed by atoms with E-state index in [-0.39, 0.29) is 24.1 Å². The van der Waals surface area contributed by atoms with Gasteiger partial charge in [0, 0.05) is 0 Å². The predicted octanol–water partition coefficient (Wildman–Crippen LogP) is 7.42. The van der Waals surface area contributed by atoms with Crippen molar-refractivity contribution in [1.29, 1.82) is 0 Å². The Hall–Kier alpha value is -0.261. The molecule has 5 heteroatoms. The normalized spacial score (nSPS) is 22.9. The molecule has 0 bridgehead atoms. The molecule has 0 aromatic heterocycles. The molecule has 0 saturated carbocycles. The van der Waals surface area contributed by atoms with Crippen molar-refractivity contribution in [2.24, 2.45) is 0 Å². The van der Waals surface area contributed by atoms with Crippen LogP contribution in [-0.4, -0.2) is 42.5 Å². The molecule has 1 rings (SSSR count). The van der Waals surface area contributed by atoms with Gasteiger partial charge in [0.1, 0.15) is 0 Å². The Morgan fingerprint density at radius 3 is 1.97 bits per heavy atom. The molecule has 4 nitrogen and oxygen atoms in total. The number of carbonyl (C=O) groups excluding carboxylic acids is 2. The van der Waals surface area contributed by atoms with Crippen molar-refractivity contribution in [3.05, 3.63) is 0 Å². The monoisotopic (exact) mass is 532 g/mol. The van der Waals surface area contributed by atoms with E-state index in [9.17, 15) is 9.59 Å². The second-order valence-electron chi connectivity index (χ2n) is 9.74. The minimum atomic E-state index is -2.75. The number of carbonyl (C=O) groups is 2. The molecule has 176 valence electrons. The molecule has 0 N–H and O–H groups in total. The number of ether oxygens (including phenoxy) is 2. The van der Waals surface area contributed by atoms with Gasteiger partial charge in [-0.2, -0.15) is 0 Å². The van der Waals surface area contributed by atoms with E-state index in [2.05, 4.69) is 20.8 Å². The molecule has 1 saturated heterocycles. The van der Waals surface area contributed by atoms with Gasteiger partial charge in [-0.3, -0.25) is 0 Å². The van der Waals surface area contributed by atoms with Crippen molar-refractivity contribution >= 4 is 30.3 Å². The quantitative estimate of drug-likeness (QED) is 0.173. The van der Waals surface area contributed by atoms with Gasteiger partial charge in [-0.15, -0.1) is 0 Å². The molecular formula is C25H48O4Sn. The van der Waals surface area contributed by atoms with Crippen molar-refractivity contribution < 1.29 is 19.1 Å². The van der Waals surface area contributed by atoms with E-state index >= 15 is 0 Å². The second kappa shape index (κ2) is 14.0. The molecular weight excluding hydrogens is 483 g/mol. The summed E-state index contributed by atoms with van der Waals surface area (Å²) in [5, 5.41) is 0. The Bertz CT molecular complexity index is 513. The van der Waals surface area contributed by atoms with Gasteiger partial charge in [0.05, 0.1) is 0 Å². The third kappa shape index (κ3) is 8.02. The van der Waals surface area contributed by atoms with Gasteiger partial charge in [-0.25, -0.2) is 0 Å². The molecule has 0 aromatic carbocycles. The van der Waals surface area contributed by atoms with E-state index < -0.39 is 18.4 Å². The van der Waals surface area contributed by atoms with Crippen molar-refractivity contribution in [3.8, 4) is 0 Å². The van der Waals surface area contributed by atoms with E-state index in [1.165, 1.54) is 93.3 Å². The summed E-state index contributed by atoms with van der Waals surface area (Å²) >= 11 is -2.75. The molecule has 3 unspecified atom stereocenters. The molecule has 1 heterocycles. The first-order valence-electron chi connectivity index (χ1n) is 12.6. The summed E-state index contributed by atoms with van der Waals surface area (Å²) < 4.78 is 15.8. The number of hydrogen-bond donors (Lipinski definition) is 0. The third-order valence-electron chi connectivity index (χ3n) is 7.50. The van der Waals surface area contributed by atoms with Crippen LogP contribution in [0, 0.1) is 0 Å². The first-order valence-corrected chi connectivity index (χ1v) is 20.1. The van der Waals surface area contributed by atoms with E-state index in [0.717, 1.165) is 4.44 Å². The molecule has 3 atom stereocenters. The summed E-state index contributed by atoms with van der Waals surface area (Å²) in [7, 11) is 0. The van der Waals surface area contributed by atoms with Gasteiger partial charge in [0.25, 0.3) is 0 Å². The van der Waals surface area contributed by atoms with Gasteiger partial charge in [0.15, 0.2) is 0 Å². The maximum absolute atomic E-state index is 12.0. The number of rotatable bonds is 14. The van der Waals surface area contributed by atoms with Gasteiger partial charge >= 0.3 is 190 Å². The fourth-order valence-electron chi connectivity index (χ4n) is 5.96. The average Bonchev–Trinajstić information content (AvgIpc) is 2.69. The summed E-state index contributed by atoms with van der Waals surface area (Å²) in [4.78, 5) is 23.6. The van der Waals surface area contributed by atoms with Gasteiger partial charge in [0.2, 0.25) is 0 Å². The second-order valence-corrected chi connectivity index (χ2v) is 24.1. The molecule has 0 aliphatic carbocycles. The Labute approximate surface area is 190 Å². The fourth-order valence-corrected chi connectivity index (χ4v) is 27.1. The Kier molecular flexibility index (Phi) is 13.0.